The van der Waals surface area contributed by atoms with Crippen LogP contribution in [0.1, 0.15) is 18.7 Å². The molecule has 1 unspecified atom stereocenters. The van der Waals surface area contributed by atoms with Crippen LogP contribution in [0.4, 0.5) is 4.39 Å². The van der Waals surface area contributed by atoms with E-state index in [1.54, 1.807) is 17.3 Å². The Morgan fingerprint density at radius 3 is 2.81 bits per heavy atom. The fourth-order valence-electron chi connectivity index (χ4n) is 2.01. The second-order valence-electron chi connectivity index (χ2n) is 5.45. The lowest BCUT2D eigenvalue weighted by Gasteiger charge is -2.16. The maximum Gasteiger partial charge on any atom is 0.232 e. The van der Waals surface area contributed by atoms with Crippen LogP contribution in [0.3, 0.4) is 0 Å². The monoisotopic (exact) mass is 376 g/mol. The van der Waals surface area contributed by atoms with Crippen molar-refractivity contribution in [3.05, 3.63) is 66.0 Å². The van der Waals surface area contributed by atoms with Crippen LogP contribution < -0.4 is 15.9 Å². The Morgan fingerprint density at radius 1 is 1.46 bits per heavy atom. The van der Waals surface area contributed by atoms with Crippen LogP contribution >= 0.6 is 11.9 Å². The van der Waals surface area contributed by atoms with Crippen molar-refractivity contribution >= 4 is 17.9 Å². The van der Waals surface area contributed by atoms with Crippen LogP contribution in [-0.2, 0) is 4.79 Å². The van der Waals surface area contributed by atoms with Crippen LogP contribution in [-0.4, -0.2) is 24.1 Å². The van der Waals surface area contributed by atoms with E-state index in [1.807, 2.05) is 24.3 Å². The molecule has 1 amide bonds. The number of hydrogen-bond acceptors (Lipinski definition) is 7. The highest BCUT2D eigenvalue weighted by Crippen LogP contribution is 2.23. The average Bonchev–Trinajstić information content (AvgIpc) is 3.07. The zero-order valence-corrected chi connectivity index (χ0v) is 15.2. The third-order valence-electron chi connectivity index (χ3n) is 3.30. The van der Waals surface area contributed by atoms with E-state index in [-0.39, 0.29) is 18.5 Å². The van der Waals surface area contributed by atoms with Gasteiger partial charge in [0.1, 0.15) is 0 Å². The van der Waals surface area contributed by atoms with Crippen molar-refractivity contribution in [2.75, 3.05) is 13.1 Å². The zero-order chi connectivity index (χ0) is 18.9. The lowest BCUT2D eigenvalue weighted by Crippen LogP contribution is -2.32. The van der Waals surface area contributed by atoms with Gasteiger partial charge in [-0.1, -0.05) is 36.1 Å². The first-order chi connectivity index (χ1) is 12.5. The van der Waals surface area contributed by atoms with Gasteiger partial charge in [0.2, 0.25) is 5.91 Å². The summed E-state index contributed by atoms with van der Waals surface area (Å²) < 4.78 is 15.7. The number of carbonyl (C=O) groups is 1. The molecule has 1 heterocycles. The summed E-state index contributed by atoms with van der Waals surface area (Å²) in [6.07, 6.45) is 4.38. The number of nitrogens with two attached hydrogens (primary N) is 1. The molecule has 1 aromatic rings. The van der Waals surface area contributed by atoms with E-state index in [0.29, 0.717) is 6.54 Å². The number of nitrogens with zero attached hydrogens (tertiary/aromatic N) is 3. The number of hydrogen-bond donors (Lipinski definition) is 3. The summed E-state index contributed by atoms with van der Waals surface area (Å²) in [5.41, 5.74) is 9.97. The van der Waals surface area contributed by atoms with E-state index in [4.69, 9.17) is 5.73 Å². The SMILES string of the molecule is C=C/C(=C\C=C(/C)F)CN1N=NC(c2ccc(SNCC(N)=O)cc2)N1. The minimum Gasteiger partial charge on any atom is -0.369 e. The zero-order valence-electron chi connectivity index (χ0n) is 14.4. The summed E-state index contributed by atoms with van der Waals surface area (Å²) in [6.45, 7) is 5.62. The van der Waals surface area contributed by atoms with Gasteiger partial charge in [-0.3, -0.25) is 9.52 Å². The summed E-state index contributed by atoms with van der Waals surface area (Å²) >= 11 is 1.33. The summed E-state index contributed by atoms with van der Waals surface area (Å²) in [5, 5.41) is 9.85. The molecule has 1 aromatic carbocycles. The Bertz CT molecular complexity index is 727. The molecule has 0 bridgehead atoms. The van der Waals surface area contributed by atoms with Gasteiger partial charge in [0.05, 0.1) is 18.9 Å². The minimum absolute atomic E-state index is 0.107. The molecule has 1 atom stereocenters. The molecule has 4 N–H and O–H groups in total. The molecule has 0 saturated heterocycles. The van der Waals surface area contributed by atoms with Gasteiger partial charge in [0, 0.05) is 4.90 Å². The number of rotatable bonds is 9. The van der Waals surface area contributed by atoms with Crippen molar-refractivity contribution in [2.24, 2.45) is 16.1 Å². The molecule has 2 rings (SSSR count). The molecule has 0 aliphatic carbocycles. The van der Waals surface area contributed by atoms with Gasteiger partial charge < -0.3 is 5.73 Å². The smallest absolute Gasteiger partial charge is 0.232 e. The van der Waals surface area contributed by atoms with E-state index in [0.717, 1.165) is 16.0 Å². The van der Waals surface area contributed by atoms with Gasteiger partial charge in [-0.2, -0.15) is 5.43 Å². The number of amides is 1. The third kappa shape index (κ3) is 6.43. The Hall–Kier alpha value is -2.49. The fourth-order valence-corrected chi connectivity index (χ4v) is 2.67. The standard InChI is InChI=1S/C17H21FN6OS/c1-3-13(5-4-12(2)18)11-24-22-17(21-23-24)14-6-8-15(9-7-14)26-20-10-16(19)25/h3-9,17,20,22H,1,10-11H2,2H3,(H2,19,25)/b12-4+,13-5+. The Kier molecular flexibility index (Phi) is 7.52. The van der Waals surface area contributed by atoms with Crippen molar-refractivity contribution in [2.45, 2.75) is 18.0 Å². The van der Waals surface area contributed by atoms with Crippen molar-refractivity contribution in [1.29, 1.82) is 0 Å². The number of primary amides is 1. The van der Waals surface area contributed by atoms with Gasteiger partial charge in [0.15, 0.2) is 6.17 Å². The number of nitrogens with one attached hydrogen (secondary N) is 2. The highest BCUT2D eigenvalue weighted by Gasteiger charge is 2.20. The molecule has 138 valence electrons. The number of hydrazine groups is 1. The maximum absolute atomic E-state index is 12.8. The molecule has 9 heteroatoms. The van der Waals surface area contributed by atoms with E-state index in [9.17, 15) is 9.18 Å². The predicted molar refractivity (Wildman–Crippen MR) is 100 cm³/mol. The van der Waals surface area contributed by atoms with Gasteiger partial charge in [0.25, 0.3) is 0 Å². The normalized spacial score (nSPS) is 17.6. The van der Waals surface area contributed by atoms with Crippen LogP contribution in [0.15, 0.2) is 75.7 Å². The first-order valence-electron chi connectivity index (χ1n) is 7.86. The molecule has 0 fully saturated rings. The topological polar surface area (TPSA) is 95.1 Å². The second kappa shape index (κ2) is 9.85. The summed E-state index contributed by atoms with van der Waals surface area (Å²) in [6, 6.07) is 7.68. The van der Waals surface area contributed by atoms with E-state index >= 15 is 0 Å². The number of halogens is 1. The molecule has 0 radical (unpaired) electrons. The molecular weight excluding hydrogens is 355 g/mol. The fraction of sp³-hybridized carbons (Fsp3) is 0.235. The van der Waals surface area contributed by atoms with Crippen molar-refractivity contribution in [1.82, 2.24) is 15.3 Å². The van der Waals surface area contributed by atoms with E-state index in [2.05, 4.69) is 27.1 Å². The molecule has 26 heavy (non-hydrogen) atoms. The van der Waals surface area contributed by atoms with Crippen molar-refractivity contribution in [3.63, 3.8) is 0 Å². The Morgan fingerprint density at radius 2 is 2.19 bits per heavy atom. The number of allylic oxidation sites excluding steroid dienone is 3. The molecule has 0 spiro atoms. The number of benzene rings is 1. The van der Waals surface area contributed by atoms with Crippen LogP contribution in [0.2, 0.25) is 0 Å². The molecule has 7 nitrogen and oxygen atoms in total. The largest absolute Gasteiger partial charge is 0.369 e. The van der Waals surface area contributed by atoms with Crippen LogP contribution in [0, 0.1) is 0 Å². The van der Waals surface area contributed by atoms with Crippen molar-refractivity contribution in [3.8, 4) is 0 Å². The third-order valence-corrected chi connectivity index (χ3v) is 4.10. The lowest BCUT2D eigenvalue weighted by atomic mass is 10.2. The lowest BCUT2D eigenvalue weighted by molar-refractivity contribution is -0.116. The average molecular weight is 376 g/mol. The Labute approximate surface area is 156 Å². The van der Waals surface area contributed by atoms with Crippen LogP contribution in [0.25, 0.3) is 0 Å². The van der Waals surface area contributed by atoms with Gasteiger partial charge >= 0.3 is 0 Å². The van der Waals surface area contributed by atoms with Crippen LogP contribution in [0.5, 0.6) is 0 Å². The first-order valence-corrected chi connectivity index (χ1v) is 8.67. The summed E-state index contributed by atoms with van der Waals surface area (Å²) in [7, 11) is 0. The minimum atomic E-state index is -0.408. The quantitative estimate of drug-likeness (QED) is 0.455. The molecule has 1 aliphatic heterocycles. The molecule has 1 aliphatic rings. The van der Waals surface area contributed by atoms with E-state index < -0.39 is 5.91 Å². The highest BCUT2D eigenvalue weighted by atomic mass is 32.2. The predicted octanol–water partition coefficient (Wildman–Crippen LogP) is 2.94. The van der Waals surface area contributed by atoms with Crippen molar-refractivity contribution < 1.29 is 9.18 Å². The Balaban J connectivity index is 1.89. The van der Waals surface area contributed by atoms with E-state index in [1.165, 1.54) is 24.9 Å². The van der Waals surface area contributed by atoms with Gasteiger partial charge in [-0.05, 0) is 48.2 Å². The van der Waals surface area contributed by atoms with Gasteiger partial charge in [-0.25, -0.2) is 9.51 Å². The maximum atomic E-state index is 12.8. The summed E-state index contributed by atoms with van der Waals surface area (Å²) in [5.74, 6) is -0.684. The molecule has 0 saturated carbocycles. The number of carbonyl (C=O) groups excluding carboxylic acids is 1. The summed E-state index contributed by atoms with van der Waals surface area (Å²) in [4.78, 5) is 11.7. The molecular formula is C17H21FN6OS. The van der Waals surface area contributed by atoms with Gasteiger partial charge in [-0.15, -0.1) is 5.11 Å². The first kappa shape index (κ1) is 19.8. The second-order valence-corrected chi connectivity index (χ2v) is 6.42. The molecule has 0 aromatic heterocycles. The highest BCUT2D eigenvalue weighted by molar-refractivity contribution is 7.97.